The Kier molecular flexibility index (Phi) is 5.70. The zero-order valence-electron chi connectivity index (χ0n) is 12.5. The van der Waals surface area contributed by atoms with E-state index in [9.17, 15) is 14.4 Å². The summed E-state index contributed by atoms with van der Waals surface area (Å²) in [6, 6.07) is 3.62. The standard InChI is InChI=1S/C15H21FN2O4/c1-10(19)17-13-5-2-11(3-6-13)9-22-15-8-12(16)4-7-14(15)18(20)21/h4,7-8,11,13,18,20H,2-3,5-6,9H2,1H3,(H,17,19). The van der Waals surface area contributed by atoms with Crippen LogP contribution in [-0.2, 0) is 4.79 Å². The molecule has 3 N–H and O–H groups in total. The second kappa shape index (κ2) is 7.53. The van der Waals surface area contributed by atoms with Crippen LogP contribution in [-0.4, -0.2) is 23.8 Å². The lowest BCUT2D eigenvalue weighted by Gasteiger charge is -2.29. The van der Waals surface area contributed by atoms with Crippen LogP contribution in [0.25, 0.3) is 0 Å². The van der Waals surface area contributed by atoms with Gasteiger partial charge in [0, 0.05) is 25.1 Å². The monoisotopic (exact) mass is 312 g/mol. The van der Waals surface area contributed by atoms with Crippen molar-refractivity contribution in [1.29, 1.82) is 0 Å². The van der Waals surface area contributed by atoms with Crippen LogP contribution in [0.5, 0.6) is 5.75 Å². The van der Waals surface area contributed by atoms with Crippen LogP contribution in [0.15, 0.2) is 18.2 Å². The minimum absolute atomic E-state index is 0.0226. The summed E-state index contributed by atoms with van der Waals surface area (Å²) in [5.74, 6) is -0.189. The van der Waals surface area contributed by atoms with E-state index in [2.05, 4.69) is 5.32 Å². The highest BCUT2D eigenvalue weighted by Gasteiger charge is 2.23. The summed E-state index contributed by atoms with van der Waals surface area (Å²) >= 11 is 0. The molecule has 1 aromatic rings. The predicted octanol–water partition coefficient (Wildman–Crippen LogP) is 1.30. The number of benzene rings is 1. The Morgan fingerprint density at radius 1 is 1.45 bits per heavy atom. The minimum Gasteiger partial charge on any atom is -0.595 e. The van der Waals surface area contributed by atoms with Crippen LogP contribution in [0, 0.1) is 16.9 Å². The molecule has 0 radical (unpaired) electrons. The molecule has 2 rings (SSSR count). The maximum absolute atomic E-state index is 13.2. The zero-order valence-corrected chi connectivity index (χ0v) is 12.5. The SMILES string of the molecule is CC(=O)NC1CCC(COc2cc(F)ccc2[NH+]([O-])O)CC1. The quantitative estimate of drug-likeness (QED) is 0.715. The van der Waals surface area contributed by atoms with E-state index < -0.39 is 11.0 Å². The van der Waals surface area contributed by atoms with E-state index >= 15 is 0 Å². The van der Waals surface area contributed by atoms with Crippen LogP contribution in [0.3, 0.4) is 0 Å². The lowest BCUT2D eigenvalue weighted by Crippen LogP contribution is -2.99. The molecule has 122 valence electrons. The van der Waals surface area contributed by atoms with Crippen LogP contribution in [0.2, 0.25) is 0 Å². The number of halogens is 1. The molecule has 0 aliphatic heterocycles. The van der Waals surface area contributed by atoms with E-state index in [4.69, 9.17) is 9.94 Å². The van der Waals surface area contributed by atoms with Crippen molar-refractivity contribution in [1.82, 2.24) is 5.32 Å². The van der Waals surface area contributed by atoms with Gasteiger partial charge in [-0.15, -0.1) is 0 Å². The fourth-order valence-electron chi connectivity index (χ4n) is 2.76. The average Bonchev–Trinajstić information content (AvgIpc) is 2.45. The number of quaternary nitrogens is 1. The molecule has 1 unspecified atom stereocenters. The molecule has 7 heteroatoms. The van der Waals surface area contributed by atoms with Crippen LogP contribution < -0.4 is 15.3 Å². The normalized spacial score (nSPS) is 22.9. The number of nitrogens with one attached hydrogen (secondary N) is 2. The van der Waals surface area contributed by atoms with Crippen LogP contribution in [0.1, 0.15) is 32.6 Å². The Morgan fingerprint density at radius 3 is 2.73 bits per heavy atom. The van der Waals surface area contributed by atoms with Gasteiger partial charge < -0.3 is 15.3 Å². The lowest BCUT2D eigenvalue weighted by molar-refractivity contribution is -0.991. The summed E-state index contributed by atoms with van der Waals surface area (Å²) in [5, 5.41) is 21.9. The number of amides is 1. The lowest BCUT2D eigenvalue weighted by atomic mass is 9.86. The molecule has 0 heterocycles. The Bertz CT molecular complexity index is 516. The molecule has 1 fully saturated rings. The summed E-state index contributed by atoms with van der Waals surface area (Å²) < 4.78 is 18.8. The molecular formula is C15H21FN2O4. The van der Waals surface area contributed by atoms with Crippen molar-refractivity contribution in [2.45, 2.75) is 38.6 Å². The van der Waals surface area contributed by atoms with Gasteiger partial charge in [0.1, 0.15) is 5.82 Å². The molecule has 0 spiro atoms. The highest BCUT2D eigenvalue weighted by Crippen LogP contribution is 2.27. The summed E-state index contributed by atoms with van der Waals surface area (Å²) in [7, 11) is 0. The van der Waals surface area contributed by atoms with Crippen molar-refractivity contribution in [3.63, 3.8) is 0 Å². The molecule has 0 bridgehead atoms. The fraction of sp³-hybridized carbons (Fsp3) is 0.533. The molecule has 1 amide bonds. The maximum atomic E-state index is 13.2. The van der Waals surface area contributed by atoms with Crippen molar-refractivity contribution in [3.8, 4) is 5.75 Å². The second-order valence-electron chi connectivity index (χ2n) is 5.67. The zero-order chi connectivity index (χ0) is 16.1. The molecule has 6 nitrogen and oxygen atoms in total. The van der Waals surface area contributed by atoms with Gasteiger partial charge in [-0.1, -0.05) is 0 Å². The first-order valence-electron chi connectivity index (χ1n) is 7.38. The van der Waals surface area contributed by atoms with E-state index in [-0.39, 0.29) is 29.3 Å². The average molecular weight is 312 g/mol. The Morgan fingerprint density at radius 2 is 2.14 bits per heavy atom. The third kappa shape index (κ3) is 4.66. The summed E-state index contributed by atoms with van der Waals surface area (Å²) in [4.78, 5) is 11.0. The molecule has 0 aromatic heterocycles. The van der Waals surface area contributed by atoms with E-state index in [1.54, 1.807) is 0 Å². The van der Waals surface area contributed by atoms with Gasteiger partial charge in [0.2, 0.25) is 11.6 Å². The summed E-state index contributed by atoms with van der Waals surface area (Å²) in [6.07, 6.45) is 3.54. The molecule has 1 aliphatic rings. The van der Waals surface area contributed by atoms with Crippen molar-refractivity contribution < 1.29 is 24.4 Å². The van der Waals surface area contributed by atoms with E-state index in [1.165, 1.54) is 13.0 Å². The first-order chi connectivity index (χ1) is 10.5. The van der Waals surface area contributed by atoms with Crippen molar-refractivity contribution in [2.24, 2.45) is 5.92 Å². The predicted molar refractivity (Wildman–Crippen MR) is 77.2 cm³/mol. The minimum atomic E-state index is -1.13. The number of hydrogen-bond acceptors (Lipinski definition) is 4. The third-order valence-electron chi connectivity index (χ3n) is 3.90. The Hall–Kier alpha value is -1.70. The highest BCUT2D eigenvalue weighted by atomic mass is 19.1. The number of carbonyl (C=O) groups excluding carboxylic acids is 1. The molecule has 0 saturated heterocycles. The fourth-order valence-corrected chi connectivity index (χ4v) is 2.76. The van der Waals surface area contributed by atoms with Crippen LogP contribution in [0.4, 0.5) is 10.1 Å². The van der Waals surface area contributed by atoms with Crippen LogP contribution >= 0.6 is 0 Å². The molecule has 1 atom stereocenters. The van der Waals surface area contributed by atoms with Gasteiger partial charge >= 0.3 is 0 Å². The van der Waals surface area contributed by atoms with Gasteiger partial charge in [0.25, 0.3) is 0 Å². The highest BCUT2D eigenvalue weighted by molar-refractivity contribution is 5.73. The number of rotatable bonds is 5. The first-order valence-corrected chi connectivity index (χ1v) is 7.38. The Labute approximate surface area is 128 Å². The number of carbonyl (C=O) groups is 1. The first kappa shape index (κ1) is 16.7. The van der Waals surface area contributed by atoms with E-state index in [0.717, 1.165) is 37.8 Å². The molecule has 1 aromatic carbocycles. The number of ether oxygens (including phenoxy) is 1. The topological polar surface area (TPSA) is 86.1 Å². The summed E-state index contributed by atoms with van der Waals surface area (Å²) in [5.41, 5.74) is -0.0340. The van der Waals surface area contributed by atoms with Gasteiger partial charge in [0.05, 0.1) is 6.61 Å². The summed E-state index contributed by atoms with van der Waals surface area (Å²) in [6.45, 7) is 1.86. The molecule has 1 saturated carbocycles. The van der Waals surface area contributed by atoms with Gasteiger partial charge in [-0.2, -0.15) is 5.23 Å². The van der Waals surface area contributed by atoms with E-state index in [0.29, 0.717) is 6.61 Å². The van der Waals surface area contributed by atoms with Crippen molar-refractivity contribution >= 4 is 11.6 Å². The molecule has 1 aliphatic carbocycles. The third-order valence-corrected chi connectivity index (χ3v) is 3.90. The van der Waals surface area contributed by atoms with Gasteiger partial charge in [-0.05, 0) is 37.7 Å². The van der Waals surface area contributed by atoms with Gasteiger partial charge in [-0.25, -0.2) is 9.60 Å². The molecule has 22 heavy (non-hydrogen) atoms. The van der Waals surface area contributed by atoms with Crippen molar-refractivity contribution in [2.75, 3.05) is 6.61 Å². The second-order valence-corrected chi connectivity index (χ2v) is 5.67. The van der Waals surface area contributed by atoms with Crippen molar-refractivity contribution in [3.05, 3.63) is 29.2 Å². The number of hydrogen-bond donors (Lipinski definition) is 3. The maximum Gasteiger partial charge on any atom is 0.217 e. The van der Waals surface area contributed by atoms with E-state index in [1.807, 2.05) is 0 Å². The largest absolute Gasteiger partial charge is 0.595 e. The van der Waals surface area contributed by atoms with Gasteiger partial charge in [-0.3, -0.25) is 4.79 Å². The smallest absolute Gasteiger partial charge is 0.217 e. The molecular weight excluding hydrogens is 291 g/mol. The van der Waals surface area contributed by atoms with Gasteiger partial charge in [0.15, 0.2) is 5.75 Å². The Balaban J connectivity index is 1.87.